The van der Waals surface area contributed by atoms with Crippen molar-refractivity contribution in [2.45, 2.75) is 46.0 Å². The molecule has 2 fully saturated rings. The van der Waals surface area contributed by atoms with Gasteiger partial charge in [0.25, 0.3) is 0 Å². The van der Waals surface area contributed by atoms with E-state index in [0.29, 0.717) is 0 Å². The number of hydrogen-bond acceptors (Lipinski definition) is 3. The summed E-state index contributed by atoms with van der Waals surface area (Å²) in [6.45, 7) is 12.1. The summed E-state index contributed by atoms with van der Waals surface area (Å²) in [5.41, 5.74) is 0. The van der Waals surface area contributed by atoms with Gasteiger partial charge in [-0.25, -0.2) is 0 Å². The summed E-state index contributed by atoms with van der Waals surface area (Å²) in [5, 5.41) is 3.16. The molecule has 2 aliphatic heterocycles. The number of rotatable bonds is 6. The molecular weight excluding hydrogens is 262 g/mol. The highest BCUT2D eigenvalue weighted by atomic mass is 16.1. The fourth-order valence-corrected chi connectivity index (χ4v) is 3.56. The third-order valence-corrected chi connectivity index (χ3v) is 4.76. The van der Waals surface area contributed by atoms with Crippen molar-refractivity contribution in [3.8, 4) is 0 Å². The number of amides is 1. The average molecular weight is 295 g/mol. The van der Waals surface area contributed by atoms with Gasteiger partial charge in [0.1, 0.15) is 0 Å². The molecule has 2 saturated heterocycles. The van der Waals surface area contributed by atoms with Gasteiger partial charge in [0.2, 0.25) is 5.91 Å². The molecular formula is C17H33N3O. The molecule has 122 valence electrons. The zero-order chi connectivity index (χ0) is 15.1. The molecule has 0 aromatic heterocycles. The van der Waals surface area contributed by atoms with Gasteiger partial charge in [-0.2, -0.15) is 0 Å². The lowest BCUT2D eigenvalue weighted by Gasteiger charge is -2.32. The quantitative estimate of drug-likeness (QED) is 0.813. The molecule has 0 aliphatic carbocycles. The van der Waals surface area contributed by atoms with Gasteiger partial charge in [-0.3, -0.25) is 4.79 Å². The number of carbonyl (C=O) groups is 1. The van der Waals surface area contributed by atoms with E-state index in [1.807, 2.05) is 0 Å². The Hall–Kier alpha value is -0.610. The SMILES string of the molecule is CC(C)CN1CCC(C(=O)NCCN2CCCCC2)CC1. The minimum Gasteiger partial charge on any atom is -0.355 e. The number of nitrogens with zero attached hydrogens (tertiary/aromatic N) is 2. The highest BCUT2D eigenvalue weighted by Crippen LogP contribution is 2.18. The first-order chi connectivity index (χ1) is 10.1. The van der Waals surface area contributed by atoms with Crippen LogP contribution in [0.1, 0.15) is 46.0 Å². The first-order valence-corrected chi connectivity index (χ1v) is 8.87. The van der Waals surface area contributed by atoms with Crippen molar-refractivity contribution >= 4 is 5.91 Å². The molecule has 1 amide bonds. The lowest BCUT2D eigenvalue weighted by Crippen LogP contribution is -2.43. The van der Waals surface area contributed by atoms with Crippen molar-refractivity contribution in [2.75, 3.05) is 45.8 Å². The second-order valence-corrected chi connectivity index (χ2v) is 7.16. The maximum atomic E-state index is 12.2. The minimum absolute atomic E-state index is 0.245. The van der Waals surface area contributed by atoms with Crippen molar-refractivity contribution in [3.63, 3.8) is 0 Å². The van der Waals surface area contributed by atoms with Crippen LogP contribution in [0.4, 0.5) is 0 Å². The maximum absolute atomic E-state index is 12.2. The van der Waals surface area contributed by atoms with Crippen LogP contribution in [-0.4, -0.2) is 61.5 Å². The van der Waals surface area contributed by atoms with Crippen molar-refractivity contribution in [2.24, 2.45) is 11.8 Å². The predicted octanol–water partition coefficient (Wildman–Crippen LogP) is 1.96. The molecule has 1 N–H and O–H groups in total. The average Bonchev–Trinajstić information content (AvgIpc) is 2.48. The fourth-order valence-electron chi connectivity index (χ4n) is 3.56. The zero-order valence-electron chi connectivity index (χ0n) is 13.9. The molecule has 0 aromatic rings. The highest BCUT2D eigenvalue weighted by molar-refractivity contribution is 5.78. The molecule has 0 aromatic carbocycles. The van der Waals surface area contributed by atoms with E-state index < -0.39 is 0 Å². The van der Waals surface area contributed by atoms with Crippen molar-refractivity contribution in [1.29, 1.82) is 0 Å². The summed E-state index contributed by atoms with van der Waals surface area (Å²) in [5.74, 6) is 1.26. The van der Waals surface area contributed by atoms with Crippen molar-refractivity contribution in [1.82, 2.24) is 15.1 Å². The number of hydrogen-bond donors (Lipinski definition) is 1. The van der Waals surface area contributed by atoms with Crippen LogP contribution in [0, 0.1) is 11.8 Å². The van der Waals surface area contributed by atoms with E-state index in [1.165, 1.54) is 38.9 Å². The van der Waals surface area contributed by atoms with Crippen LogP contribution in [-0.2, 0) is 4.79 Å². The molecule has 4 heteroatoms. The topological polar surface area (TPSA) is 35.6 Å². The lowest BCUT2D eigenvalue weighted by atomic mass is 9.95. The van der Waals surface area contributed by atoms with Crippen molar-refractivity contribution in [3.05, 3.63) is 0 Å². The largest absolute Gasteiger partial charge is 0.355 e. The summed E-state index contributed by atoms with van der Waals surface area (Å²) in [7, 11) is 0. The Bertz CT molecular complexity index is 305. The Kier molecular flexibility index (Phi) is 6.97. The molecule has 0 radical (unpaired) electrons. The highest BCUT2D eigenvalue weighted by Gasteiger charge is 2.24. The number of carbonyl (C=O) groups excluding carboxylic acids is 1. The van der Waals surface area contributed by atoms with Crippen LogP contribution in [0.5, 0.6) is 0 Å². The van der Waals surface area contributed by atoms with Gasteiger partial charge in [0.15, 0.2) is 0 Å². The number of piperidine rings is 2. The van der Waals surface area contributed by atoms with Crippen LogP contribution in [0.15, 0.2) is 0 Å². The third kappa shape index (κ3) is 5.95. The van der Waals surface area contributed by atoms with E-state index in [1.54, 1.807) is 0 Å². The molecule has 2 aliphatic rings. The van der Waals surface area contributed by atoms with Gasteiger partial charge >= 0.3 is 0 Å². The summed E-state index contributed by atoms with van der Waals surface area (Å²) < 4.78 is 0. The van der Waals surface area contributed by atoms with Gasteiger partial charge in [0, 0.05) is 25.6 Å². The van der Waals surface area contributed by atoms with E-state index in [-0.39, 0.29) is 11.8 Å². The van der Waals surface area contributed by atoms with Crippen LogP contribution in [0.25, 0.3) is 0 Å². The first kappa shape index (κ1) is 16.8. The molecule has 0 atom stereocenters. The predicted molar refractivity (Wildman–Crippen MR) is 87.3 cm³/mol. The van der Waals surface area contributed by atoms with Crippen molar-refractivity contribution < 1.29 is 4.79 Å². The molecule has 0 saturated carbocycles. The molecule has 4 nitrogen and oxygen atoms in total. The standard InChI is InChI=1S/C17H33N3O/c1-15(2)14-20-11-6-16(7-12-20)17(21)18-8-13-19-9-4-3-5-10-19/h15-16H,3-14H2,1-2H3,(H,18,21). The van der Waals surface area contributed by atoms with Crippen LogP contribution >= 0.6 is 0 Å². The second kappa shape index (κ2) is 8.74. The van der Waals surface area contributed by atoms with E-state index >= 15 is 0 Å². The van der Waals surface area contributed by atoms with E-state index in [0.717, 1.165) is 44.9 Å². The van der Waals surface area contributed by atoms with Crippen LogP contribution in [0.3, 0.4) is 0 Å². The van der Waals surface area contributed by atoms with E-state index in [2.05, 4.69) is 29.0 Å². The van der Waals surface area contributed by atoms with Crippen LogP contribution in [0.2, 0.25) is 0 Å². The Morgan fingerprint density at radius 2 is 1.71 bits per heavy atom. The Labute approximate surface area is 130 Å². The van der Waals surface area contributed by atoms with Gasteiger partial charge in [-0.1, -0.05) is 20.3 Å². The molecule has 0 unspecified atom stereocenters. The lowest BCUT2D eigenvalue weighted by molar-refractivity contribution is -0.126. The minimum atomic E-state index is 0.245. The molecule has 2 heterocycles. The summed E-state index contributed by atoms with van der Waals surface area (Å²) in [6, 6.07) is 0. The monoisotopic (exact) mass is 295 g/mol. The van der Waals surface area contributed by atoms with Gasteiger partial charge in [-0.15, -0.1) is 0 Å². The Balaban J connectivity index is 1.58. The van der Waals surface area contributed by atoms with Gasteiger partial charge in [0.05, 0.1) is 0 Å². The number of nitrogens with one attached hydrogen (secondary N) is 1. The second-order valence-electron chi connectivity index (χ2n) is 7.16. The van der Waals surface area contributed by atoms with Gasteiger partial charge in [-0.05, 0) is 57.8 Å². The van der Waals surface area contributed by atoms with E-state index in [4.69, 9.17) is 0 Å². The summed E-state index contributed by atoms with van der Waals surface area (Å²) in [6.07, 6.45) is 6.08. The van der Waals surface area contributed by atoms with Crippen LogP contribution < -0.4 is 5.32 Å². The maximum Gasteiger partial charge on any atom is 0.223 e. The first-order valence-electron chi connectivity index (χ1n) is 8.87. The summed E-state index contributed by atoms with van der Waals surface area (Å²) >= 11 is 0. The summed E-state index contributed by atoms with van der Waals surface area (Å²) in [4.78, 5) is 17.2. The van der Waals surface area contributed by atoms with Gasteiger partial charge < -0.3 is 15.1 Å². The zero-order valence-corrected chi connectivity index (χ0v) is 13.9. The normalized spacial score (nSPS) is 22.6. The third-order valence-electron chi connectivity index (χ3n) is 4.76. The number of likely N-dealkylation sites (tertiary alicyclic amines) is 2. The Morgan fingerprint density at radius 1 is 1.05 bits per heavy atom. The van der Waals surface area contributed by atoms with E-state index in [9.17, 15) is 4.79 Å². The smallest absolute Gasteiger partial charge is 0.223 e. The Morgan fingerprint density at radius 3 is 2.33 bits per heavy atom. The molecule has 21 heavy (non-hydrogen) atoms. The fraction of sp³-hybridized carbons (Fsp3) is 0.941. The molecule has 0 bridgehead atoms. The molecule has 0 spiro atoms. The molecule has 2 rings (SSSR count).